The number of rotatable bonds is 3. The summed E-state index contributed by atoms with van der Waals surface area (Å²) < 4.78 is 1.44. The molecule has 0 aliphatic rings. The molecule has 17 heavy (non-hydrogen) atoms. The summed E-state index contributed by atoms with van der Waals surface area (Å²) >= 11 is 0. The van der Waals surface area contributed by atoms with Gasteiger partial charge >= 0.3 is 5.69 Å². The van der Waals surface area contributed by atoms with Gasteiger partial charge < -0.3 is 5.32 Å². The number of anilines is 1. The number of aromatic nitrogens is 3. The fourth-order valence-corrected chi connectivity index (χ4v) is 1.58. The largest absolute Gasteiger partial charge is 0.356 e. The van der Waals surface area contributed by atoms with Crippen LogP contribution in [0.1, 0.15) is 12.5 Å². The van der Waals surface area contributed by atoms with Crippen LogP contribution in [0.5, 0.6) is 0 Å². The zero-order chi connectivity index (χ0) is 12.3. The molecule has 88 valence electrons. The van der Waals surface area contributed by atoms with Crippen LogP contribution >= 0.6 is 0 Å². The van der Waals surface area contributed by atoms with Crippen molar-refractivity contribution in [2.24, 2.45) is 0 Å². The predicted octanol–water partition coefficient (Wildman–Crippen LogP) is 1.37. The summed E-state index contributed by atoms with van der Waals surface area (Å²) in [6.45, 7) is 4.56. The number of para-hydroxylation sites is 1. The Morgan fingerprint density at radius 2 is 2.12 bits per heavy atom. The Hall–Kier alpha value is -2.17. The lowest BCUT2D eigenvalue weighted by Gasteiger charge is -2.08. The highest BCUT2D eigenvalue weighted by Gasteiger charge is 2.04. The number of nitrogens with one attached hydrogen (secondary N) is 1. The zero-order valence-electron chi connectivity index (χ0n) is 9.84. The molecule has 2 rings (SSSR count). The molecule has 0 atom stereocenters. The molecule has 0 spiro atoms. The van der Waals surface area contributed by atoms with Gasteiger partial charge in [-0.25, -0.2) is 9.78 Å². The third kappa shape index (κ3) is 2.33. The molecule has 0 aliphatic heterocycles. The Labute approximate surface area is 99.2 Å². The molecule has 0 saturated heterocycles. The van der Waals surface area contributed by atoms with Crippen molar-refractivity contribution in [3.05, 3.63) is 46.6 Å². The molecule has 2 aromatic rings. The summed E-state index contributed by atoms with van der Waals surface area (Å²) in [5.74, 6) is 0.363. The molecule has 5 nitrogen and oxygen atoms in total. The first kappa shape index (κ1) is 11.3. The minimum Gasteiger partial charge on any atom is -0.354 e. The number of hydrogen-bond acceptors (Lipinski definition) is 4. The molecule has 1 aromatic carbocycles. The van der Waals surface area contributed by atoms with E-state index in [0.717, 1.165) is 11.3 Å². The predicted molar refractivity (Wildman–Crippen MR) is 66.5 cm³/mol. The summed E-state index contributed by atoms with van der Waals surface area (Å²) in [5.41, 5.74) is 1.49. The van der Waals surface area contributed by atoms with Crippen molar-refractivity contribution in [2.75, 3.05) is 11.9 Å². The van der Waals surface area contributed by atoms with Crippen LogP contribution in [0, 0.1) is 6.92 Å². The molecular formula is C12H14N4O. The van der Waals surface area contributed by atoms with Crippen molar-refractivity contribution in [1.82, 2.24) is 14.5 Å². The Morgan fingerprint density at radius 1 is 1.35 bits per heavy atom. The van der Waals surface area contributed by atoms with Crippen LogP contribution in [0.3, 0.4) is 0 Å². The average Bonchev–Trinajstić information content (AvgIpc) is 2.31. The van der Waals surface area contributed by atoms with Crippen molar-refractivity contribution >= 4 is 5.95 Å². The minimum atomic E-state index is -0.328. The van der Waals surface area contributed by atoms with Gasteiger partial charge in [-0.2, -0.15) is 4.98 Å². The molecule has 0 amide bonds. The van der Waals surface area contributed by atoms with E-state index >= 15 is 0 Å². The lowest BCUT2D eigenvalue weighted by atomic mass is 10.2. The highest BCUT2D eigenvalue weighted by atomic mass is 16.1. The van der Waals surface area contributed by atoms with Crippen molar-refractivity contribution < 1.29 is 0 Å². The second kappa shape index (κ2) is 4.78. The molecule has 1 N–H and O–H groups in total. The third-order valence-electron chi connectivity index (χ3n) is 2.41. The van der Waals surface area contributed by atoms with Gasteiger partial charge in [-0.3, -0.25) is 4.57 Å². The van der Waals surface area contributed by atoms with E-state index < -0.39 is 0 Å². The normalized spacial score (nSPS) is 10.2. The van der Waals surface area contributed by atoms with Crippen LogP contribution in [0.15, 0.2) is 35.4 Å². The van der Waals surface area contributed by atoms with Gasteiger partial charge in [0.25, 0.3) is 0 Å². The van der Waals surface area contributed by atoms with Crippen LogP contribution in [0.4, 0.5) is 5.95 Å². The van der Waals surface area contributed by atoms with E-state index in [4.69, 9.17) is 0 Å². The molecule has 0 aliphatic carbocycles. The smallest absolute Gasteiger partial charge is 0.354 e. The number of nitrogens with zero attached hydrogens (tertiary/aromatic N) is 3. The summed E-state index contributed by atoms with van der Waals surface area (Å²) in [6, 6.07) is 7.62. The van der Waals surface area contributed by atoms with Gasteiger partial charge in [0, 0.05) is 6.54 Å². The number of hydrogen-bond donors (Lipinski definition) is 1. The van der Waals surface area contributed by atoms with Gasteiger partial charge in [0.2, 0.25) is 5.95 Å². The van der Waals surface area contributed by atoms with Crippen LogP contribution in [0.2, 0.25) is 0 Å². The molecule has 1 heterocycles. The van der Waals surface area contributed by atoms with Gasteiger partial charge in [-0.1, -0.05) is 18.2 Å². The van der Waals surface area contributed by atoms with E-state index in [2.05, 4.69) is 15.3 Å². The third-order valence-corrected chi connectivity index (χ3v) is 2.41. The Balaban J connectivity index is 2.48. The number of benzene rings is 1. The van der Waals surface area contributed by atoms with Gasteiger partial charge in [0.1, 0.15) is 6.33 Å². The average molecular weight is 230 g/mol. The van der Waals surface area contributed by atoms with Crippen LogP contribution < -0.4 is 11.0 Å². The molecule has 0 fully saturated rings. The van der Waals surface area contributed by atoms with E-state index in [9.17, 15) is 4.79 Å². The van der Waals surface area contributed by atoms with E-state index in [1.54, 1.807) is 0 Å². The van der Waals surface area contributed by atoms with E-state index in [0.29, 0.717) is 12.5 Å². The van der Waals surface area contributed by atoms with Crippen molar-refractivity contribution in [2.45, 2.75) is 13.8 Å². The lowest BCUT2D eigenvalue weighted by Crippen LogP contribution is -2.24. The monoisotopic (exact) mass is 230 g/mol. The first-order valence-electron chi connectivity index (χ1n) is 5.48. The highest BCUT2D eigenvalue weighted by molar-refractivity contribution is 5.39. The summed E-state index contributed by atoms with van der Waals surface area (Å²) in [7, 11) is 0. The van der Waals surface area contributed by atoms with E-state index in [1.807, 2.05) is 38.1 Å². The standard InChI is InChI=1S/C12H14N4O/c1-3-13-11-14-8-16(12(17)15-11)10-7-5-4-6-9(10)2/h4-8H,3H2,1-2H3,(H,13,15,17). The molecule has 0 saturated carbocycles. The van der Waals surface area contributed by atoms with E-state index in [-0.39, 0.29) is 5.69 Å². The summed E-state index contributed by atoms with van der Waals surface area (Å²) in [5, 5.41) is 2.91. The fourth-order valence-electron chi connectivity index (χ4n) is 1.58. The van der Waals surface area contributed by atoms with Crippen molar-refractivity contribution in [1.29, 1.82) is 0 Å². The Kier molecular flexibility index (Phi) is 3.18. The van der Waals surface area contributed by atoms with Gasteiger partial charge in [0.05, 0.1) is 5.69 Å². The second-order valence-electron chi connectivity index (χ2n) is 3.65. The van der Waals surface area contributed by atoms with Crippen molar-refractivity contribution in [3.8, 4) is 5.69 Å². The van der Waals surface area contributed by atoms with Crippen LogP contribution in [-0.4, -0.2) is 21.1 Å². The first-order chi connectivity index (χ1) is 8.22. The SMILES string of the molecule is CCNc1ncn(-c2ccccc2C)c(=O)n1. The number of aryl methyl sites for hydroxylation is 1. The molecule has 0 radical (unpaired) electrons. The molecular weight excluding hydrogens is 216 g/mol. The van der Waals surface area contributed by atoms with Crippen molar-refractivity contribution in [3.63, 3.8) is 0 Å². The summed E-state index contributed by atoms with van der Waals surface area (Å²) in [6.07, 6.45) is 1.50. The molecule has 1 aromatic heterocycles. The van der Waals surface area contributed by atoms with Gasteiger partial charge in [-0.05, 0) is 25.5 Å². The molecule has 5 heteroatoms. The Morgan fingerprint density at radius 3 is 2.76 bits per heavy atom. The van der Waals surface area contributed by atoms with E-state index in [1.165, 1.54) is 10.9 Å². The fraction of sp³-hybridized carbons (Fsp3) is 0.250. The second-order valence-corrected chi connectivity index (χ2v) is 3.65. The van der Waals surface area contributed by atoms with Gasteiger partial charge in [0.15, 0.2) is 0 Å². The molecule has 0 unspecified atom stereocenters. The van der Waals surface area contributed by atoms with Gasteiger partial charge in [-0.15, -0.1) is 0 Å². The lowest BCUT2D eigenvalue weighted by molar-refractivity contribution is 0.852. The first-order valence-corrected chi connectivity index (χ1v) is 5.48. The maximum atomic E-state index is 11.8. The molecule has 0 bridgehead atoms. The highest BCUT2D eigenvalue weighted by Crippen LogP contribution is 2.10. The summed E-state index contributed by atoms with van der Waals surface area (Å²) in [4.78, 5) is 19.8. The zero-order valence-corrected chi connectivity index (χ0v) is 9.84. The maximum absolute atomic E-state index is 11.8. The van der Waals surface area contributed by atoms with Crippen LogP contribution in [-0.2, 0) is 0 Å². The Bertz CT molecular complexity index is 577. The topological polar surface area (TPSA) is 59.8 Å². The minimum absolute atomic E-state index is 0.328. The maximum Gasteiger partial charge on any atom is 0.356 e. The quantitative estimate of drug-likeness (QED) is 0.865. The van der Waals surface area contributed by atoms with Crippen LogP contribution in [0.25, 0.3) is 5.69 Å².